The molecule has 4 nitrogen and oxygen atoms in total. The zero-order valence-electron chi connectivity index (χ0n) is 5.50. The number of aromatic nitrogens is 1. The molecule has 0 amide bonds. The molecule has 0 radical (unpaired) electrons. The van der Waals surface area contributed by atoms with Gasteiger partial charge in [0, 0.05) is 5.39 Å². The van der Waals surface area contributed by atoms with Gasteiger partial charge < -0.3 is 14.5 Å². The van der Waals surface area contributed by atoms with Crippen molar-refractivity contribution in [3.8, 4) is 5.75 Å². The van der Waals surface area contributed by atoms with Gasteiger partial charge in [0.15, 0.2) is 5.75 Å². The van der Waals surface area contributed by atoms with E-state index in [1.54, 1.807) is 0 Å². The van der Waals surface area contributed by atoms with Gasteiger partial charge in [-0.25, -0.2) is 0 Å². The van der Waals surface area contributed by atoms with Gasteiger partial charge in [0.2, 0.25) is 0 Å². The molecule has 0 fully saturated rings. The van der Waals surface area contributed by atoms with Crippen LogP contribution in [0.1, 0.15) is 0 Å². The number of fused-ring (bicyclic) bond motifs is 1. The Labute approximate surface area is 61.1 Å². The summed E-state index contributed by atoms with van der Waals surface area (Å²) in [6.07, 6.45) is 2.86. The van der Waals surface area contributed by atoms with Crippen molar-refractivity contribution in [1.82, 2.24) is 4.98 Å². The molecule has 2 aromatic heterocycles. The summed E-state index contributed by atoms with van der Waals surface area (Å²) in [4.78, 5) is 13.2. The smallest absolute Gasteiger partial charge is 0.290 e. The first-order valence-electron chi connectivity index (χ1n) is 3.05. The van der Waals surface area contributed by atoms with E-state index in [4.69, 9.17) is 9.52 Å². The van der Waals surface area contributed by atoms with Crippen molar-refractivity contribution in [2.75, 3.05) is 0 Å². The number of furan rings is 1. The van der Waals surface area contributed by atoms with E-state index < -0.39 is 5.56 Å². The Morgan fingerprint density at radius 3 is 3.09 bits per heavy atom. The summed E-state index contributed by atoms with van der Waals surface area (Å²) in [5.74, 6) is -0.293. The molecule has 2 N–H and O–H groups in total. The minimum atomic E-state index is -0.501. The van der Waals surface area contributed by atoms with Crippen LogP contribution in [0.3, 0.4) is 0 Å². The molecule has 0 atom stereocenters. The number of H-pyrrole nitrogens is 1. The molecule has 2 heterocycles. The number of hydrogen-bond acceptors (Lipinski definition) is 3. The lowest BCUT2D eigenvalue weighted by Gasteiger charge is -1.88. The second-order valence-corrected chi connectivity index (χ2v) is 2.22. The summed E-state index contributed by atoms with van der Waals surface area (Å²) in [5, 5.41) is 9.63. The molecular formula is C7H5NO3. The highest BCUT2D eigenvalue weighted by Crippen LogP contribution is 2.13. The van der Waals surface area contributed by atoms with Crippen LogP contribution in [0.4, 0.5) is 0 Å². The molecular weight excluding hydrogens is 146 g/mol. The number of aromatic hydroxyl groups is 1. The molecule has 2 rings (SSSR count). The molecule has 0 aliphatic rings. The Balaban J connectivity index is 2.97. The maximum absolute atomic E-state index is 10.8. The summed E-state index contributed by atoms with van der Waals surface area (Å²) in [6.45, 7) is 0. The van der Waals surface area contributed by atoms with Crippen LogP contribution in [-0.4, -0.2) is 10.1 Å². The number of aromatic amines is 1. The normalized spacial score (nSPS) is 10.5. The van der Waals surface area contributed by atoms with Crippen molar-refractivity contribution in [2.24, 2.45) is 0 Å². The van der Waals surface area contributed by atoms with Crippen molar-refractivity contribution < 1.29 is 9.52 Å². The van der Waals surface area contributed by atoms with Gasteiger partial charge >= 0.3 is 0 Å². The van der Waals surface area contributed by atoms with Gasteiger partial charge in [0.25, 0.3) is 5.56 Å². The first-order valence-corrected chi connectivity index (χ1v) is 3.05. The molecule has 0 saturated heterocycles. The lowest BCUT2D eigenvalue weighted by atomic mass is 10.3. The lowest BCUT2D eigenvalue weighted by Crippen LogP contribution is -2.02. The SMILES string of the molecule is O=c1[nH]c2cocc2cc1O. The predicted octanol–water partition coefficient (Wildman–Crippen LogP) is 0.827. The molecule has 0 aromatic carbocycles. The molecule has 56 valence electrons. The molecule has 0 aliphatic carbocycles. The number of rotatable bonds is 0. The molecule has 0 aliphatic heterocycles. The summed E-state index contributed by atoms with van der Waals surface area (Å²) in [5.41, 5.74) is 0.0895. The van der Waals surface area contributed by atoms with Gasteiger partial charge in [0.05, 0.1) is 11.8 Å². The Morgan fingerprint density at radius 1 is 1.45 bits per heavy atom. The number of pyridine rings is 1. The van der Waals surface area contributed by atoms with Crippen LogP contribution in [0.2, 0.25) is 0 Å². The quantitative estimate of drug-likeness (QED) is 0.585. The largest absolute Gasteiger partial charge is 0.503 e. The molecule has 2 aromatic rings. The molecule has 0 bridgehead atoms. The number of hydrogen-bond donors (Lipinski definition) is 2. The Hall–Kier alpha value is -1.71. The lowest BCUT2D eigenvalue weighted by molar-refractivity contribution is 0.468. The standard InChI is InChI=1S/C7H5NO3/c9-6-1-4-2-11-3-5(4)8-7(6)10/h1-3,9H,(H,8,10). The van der Waals surface area contributed by atoms with Crippen LogP contribution in [0.15, 0.2) is 27.8 Å². The van der Waals surface area contributed by atoms with E-state index >= 15 is 0 Å². The fourth-order valence-electron chi connectivity index (χ4n) is 0.919. The van der Waals surface area contributed by atoms with E-state index in [2.05, 4.69) is 4.98 Å². The van der Waals surface area contributed by atoms with Gasteiger partial charge in [-0.3, -0.25) is 4.79 Å². The van der Waals surface area contributed by atoms with Gasteiger partial charge in [-0.1, -0.05) is 0 Å². The van der Waals surface area contributed by atoms with E-state index in [1.165, 1.54) is 18.6 Å². The second kappa shape index (κ2) is 1.88. The fraction of sp³-hybridized carbons (Fsp3) is 0. The third-order valence-electron chi connectivity index (χ3n) is 1.46. The van der Waals surface area contributed by atoms with E-state index in [0.29, 0.717) is 10.9 Å². The van der Waals surface area contributed by atoms with Gasteiger partial charge in [-0.2, -0.15) is 0 Å². The highest BCUT2D eigenvalue weighted by molar-refractivity contribution is 5.77. The van der Waals surface area contributed by atoms with Crippen molar-refractivity contribution in [3.63, 3.8) is 0 Å². The molecule has 11 heavy (non-hydrogen) atoms. The van der Waals surface area contributed by atoms with Crippen molar-refractivity contribution in [2.45, 2.75) is 0 Å². The second-order valence-electron chi connectivity index (χ2n) is 2.22. The summed E-state index contributed by atoms with van der Waals surface area (Å²) in [7, 11) is 0. The van der Waals surface area contributed by atoms with Gasteiger partial charge in [-0.05, 0) is 6.07 Å². The Bertz CT molecular complexity index is 440. The first-order chi connectivity index (χ1) is 5.27. The van der Waals surface area contributed by atoms with Crippen molar-refractivity contribution in [1.29, 1.82) is 0 Å². The zero-order valence-corrected chi connectivity index (χ0v) is 5.50. The average molecular weight is 151 g/mol. The maximum atomic E-state index is 10.8. The van der Waals surface area contributed by atoms with Crippen LogP contribution < -0.4 is 5.56 Å². The van der Waals surface area contributed by atoms with E-state index in [-0.39, 0.29) is 5.75 Å². The summed E-state index contributed by atoms with van der Waals surface area (Å²) >= 11 is 0. The third kappa shape index (κ3) is 0.797. The van der Waals surface area contributed by atoms with E-state index in [0.717, 1.165) is 0 Å². The van der Waals surface area contributed by atoms with E-state index in [9.17, 15) is 4.79 Å². The minimum absolute atomic E-state index is 0.293. The first kappa shape index (κ1) is 6.03. The van der Waals surface area contributed by atoms with Crippen LogP contribution >= 0.6 is 0 Å². The molecule has 0 saturated carbocycles. The number of nitrogens with one attached hydrogen (secondary N) is 1. The van der Waals surface area contributed by atoms with Crippen LogP contribution in [-0.2, 0) is 0 Å². The highest BCUT2D eigenvalue weighted by Gasteiger charge is 2.00. The molecule has 0 spiro atoms. The molecule has 0 unspecified atom stereocenters. The monoisotopic (exact) mass is 151 g/mol. The minimum Gasteiger partial charge on any atom is -0.503 e. The average Bonchev–Trinajstić information content (AvgIpc) is 2.36. The predicted molar refractivity (Wildman–Crippen MR) is 38.5 cm³/mol. The Kier molecular flexibility index (Phi) is 1.03. The fourth-order valence-corrected chi connectivity index (χ4v) is 0.919. The van der Waals surface area contributed by atoms with E-state index in [1.807, 2.05) is 0 Å². The van der Waals surface area contributed by atoms with Crippen LogP contribution in [0.25, 0.3) is 10.9 Å². The zero-order chi connectivity index (χ0) is 7.84. The summed E-state index contributed by atoms with van der Waals surface area (Å²) in [6, 6.07) is 1.36. The Morgan fingerprint density at radius 2 is 2.27 bits per heavy atom. The topological polar surface area (TPSA) is 66.2 Å². The van der Waals surface area contributed by atoms with Crippen molar-refractivity contribution in [3.05, 3.63) is 28.9 Å². The highest BCUT2D eigenvalue weighted by atomic mass is 16.3. The van der Waals surface area contributed by atoms with Gasteiger partial charge in [-0.15, -0.1) is 0 Å². The van der Waals surface area contributed by atoms with Crippen LogP contribution in [0, 0.1) is 0 Å². The molecule has 4 heteroatoms. The summed E-state index contributed by atoms with van der Waals surface area (Å²) < 4.78 is 4.79. The van der Waals surface area contributed by atoms with Crippen molar-refractivity contribution >= 4 is 10.9 Å². The van der Waals surface area contributed by atoms with Gasteiger partial charge in [0.1, 0.15) is 6.26 Å². The maximum Gasteiger partial charge on any atom is 0.290 e. The van der Waals surface area contributed by atoms with Crippen LogP contribution in [0.5, 0.6) is 5.75 Å². The third-order valence-corrected chi connectivity index (χ3v) is 1.46.